The first-order chi connectivity index (χ1) is 17.6. The van der Waals surface area contributed by atoms with Gasteiger partial charge in [0.25, 0.3) is 5.91 Å². The van der Waals surface area contributed by atoms with Crippen LogP contribution in [0.25, 0.3) is 22.3 Å². The summed E-state index contributed by atoms with van der Waals surface area (Å²) in [6.07, 6.45) is 3.28. The van der Waals surface area contributed by atoms with Crippen LogP contribution in [0.3, 0.4) is 0 Å². The third-order valence-corrected chi connectivity index (χ3v) is 6.56. The van der Waals surface area contributed by atoms with Crippen molar-refractivity contribution in [3.8, 4) is 17.1 Å². The van der Waals surface area contributed by atoms with Gasteiger partial charge in [-0.2, -0.15) is 5.10 Å². The van der Waals surface area contributed by atoms with E-state index in [9.17, 15) is 9.90 Å². The summed E-state index contributed by atoms with van der Waals surface area (Å²) in [5, 5.41) is 15.8. The maximum Gasteiger partial charge on any atom is 0.257 e. The molecule has 1 saturated heterocycles. The molecule has 0 unspecified atom stereocenters. The number of ether oxygens (including phenoxy) is 1. The summed E-state index contributed by atoms with van der Waals surface area (Å²) in [6.45, 7) is 8.46. The van der Waals surface area contributed by atoms with Crippen molar-refractivity contribution < 1.29 is 19.1 Å². The number of benzene rings is 1. The number of hydrogen-bond donors (Lipinski definition) is 1. The number of aromatic nitrogens is 5. The molecule has 4 heterocycles. The van der Waals surface area contributed by atoms with Gasteiger partial charge < -0.3 is 19.2 Å². The molecule has 5 rings (SSSR count). The van der Waals surface area contributed by atoms with Crippen LogP contribution < -0.4 is 4.74 Å². The normalized spacial score (nSPS) is 14.9. The molecule has 194 valence electrons. The number of rotatable bonds is 6. The molecule has 11 heteroatoms. The number of hydrogen-bond acceptors (Lipinski definition) is 9. The predicted molar refractivity (Wildman–Crippen MR) is 136 cm³/mol. The molecular formula is C26H31N7O4. The van der Waals surface area contributed by atoms with E-state index in [2.05, 4.69) is 25.0 Å². The predicted octanol–water partition coefficient (Wildman–Crippen LogP) is 2.52. The lowest BCUT2D eigenvalue weighted by Crippen LogP contribution is -2.48. The number of oxazole rings is 1. The lowest BCUT2D eigenvalue weighted by atomic mass is 10.1. The van der Waals surface area contributed by atoms with Gasteiger partial charge >= 0.3 is 0 Å². The van der Waals surface area contributed by atoms with Crippen LogP contribution >= 0.6 is 0 Å². The van der Waals surface area contributed by atoms with Crippen molar-refractivity contribution in [3.63, 3.8) is 0 Å². The van der Waals surface area contributed by atoms with Gasteiger partial charge in [-0.05, 0) is 26.0 Å². The fraction of sp³-hybridized carbons (Fsp3) is 0.423. The van der Waals surface area contributed by atoms with E-state index >= 15 is 0 Å². The summed E-state index contributed by atoms with van der Waals surface area (Å²) in [5.41, 5.74) is 2.15. The van der Waals surface area contributed by atoms with Gasteiger partial charge in [-0.1, -0.05) is 0 Å². The van der Waals surface area contributed by atoms with Gasteiger partial charge in [0.1, 0.15) is 23.3 Å². The Bertz CT molecular complexity index is 1450. The molecule has 3 aromatic heterocycles. The Morgan fingerprint density at radius 1 is 1.19 bits per heavy atom. The molecule has 37 heavy (non-hydrogen) atoms. The van der Waals surface area contributed by atoms with E-state index in [-0.39, 0.29) is 5.91 Å². The number of piperazine rings is 1. The third-order valence-electron chi connectivity index (χ3n) is 6.56. The molecule has 0 radical (unpaired) electrons. The van der Waals surface area contributed by atoms with Gasteiger partial charge in [0, 0.05) is 64.3 Å². The van der Waals surface area contributed by atoms with Gasteiger partial charge in [-0.3, -0.25) is 14.4 Å². The minimum Gasteiger partial charge on any atom is -0.496 e. The molecular weight excluding hydrogens is 474 g/mol. The molecule has 1 aliphatic heterocycles. The highest BCUT2D eigenvalue weighted by atomic mass is 16.5. The summed E-state index contributed by atoms with van der Waals surface area (Å²) >= 11 is 0. The number of aryl methyl sites for hydroxylation is 2. The van der Waals surface area contributed by atoms with Gasteiger partial charge in [-0.15, -0.1) is 0 Å². The largest absolute Gasteiger partial charge is 0.496 e. The summed E-state index contributed by atoms with van der Waals surface area (Å²) in [5.74, 6) is 1.35. The standard InChI is InChI=1S/C26H31N7O4/c1-16-28-17(15-37-16)14-32-8-10-33(11-9-32)24(34)19-12-18-21(13-22(19)36-5)31(4)30-23(18)20-6-7-27-25(29-20)26(2,3)35/h6-7,12-13,15,35H,8-11,14H2,1-5H3. The van der Waals surface area contributed by atoms with E-state index in [1.165, 1.54) is 0 Å². The van der Waals surface area contributed by atoms with Gasteiger partial charge in [0.15, 0.2) is 11.7 Å². The Labute approximate surface area is 214 Å². The fourth-order valence-corrected chi connectivity index (χ4v) is 4.58. The van der Waals surface area contributed by atoms with Crippen molar-refractivity contribution in [3.05, 3.63) is 53.6 Å². The van der Waals surface area contributed by atoms with Crippen molar-refractivity contribution in [1.82, 2.24) is 34.5 Å². The summed E-state index contributed by atoms with van der Waals surface area (Å²) in [7, 11) is 3.40. The van der Waals surface area contributed by atoms with Crippen LogP contribution in [-0.2, 0) is 19.2 Å². The molecule has 0 saturated carbocycles. The smallest absolute Gasteiger partial charge is 0.257 e. The lowest BCUT2D eigenvalue weighted by Gasteiger charge is -2.34. The molecule has 11 nitrogen and oxygen atoms in total. The molecule has 0 spiro atoms. The number of nitrogens with zero attached hydrogens (tertiary/aromatic N) is 7. The van der Waals surface area contributed by atoms with Crippen molar-refractivity contribution >= 4 is 16.8 Å². The van der Waals surface area contributed by atoms with Crippen LogP contribution in [0.15, 0.2) is 35.1 Å². The second-order valence-electron chi connectivity index (χ2n) is 9.79. The van der Waals surface area contributed by atoms with Crippen LogP contribution in [0.2, 0.25) is 0 Å². The highest BCUT2D eigenvalue weighted by Crippen LogP contribution is 2.33. The Hall–Kier alpha value is -3.83. The summed E-state index contributed by atoms with van der Waals surface area (Å²) < 4.78 is 12.7. The van der Waals surface area contributed by atoms with Gasteiger partial charge in [0.05, 0.1) is 29.6 Å². The molecule has 1 N–H and O–H groups in total. The van der Waals surface area contributed by atoms with E-state index in [4.69, 9.17) is 9.15 Å². The van der Waals surface area contributed by atoms with Crippen molar-refractivity contribution in [2.75, 3.05) is 33.3 Å². The highest BCUT2D eigenvalue weighted by Gasteiger charge is 2.27. The maximum atomic E-state index is 13.6. The average Bonchev–Trinajstić information content (AvgIpc) is 3.44. The van der Waals surface area contributed by atoms with Crippen LogP contribution in [-0.4, -0.2) is 78.8 Å². The molecule has 0 aliphatic carbocycles. The van der Waals surface area contributed by atoms with Crippen LogP contribution in [0.5, 0.6) is 5.75 Å². The number of carbonyl (C=O) groups excluding carboxylic acids is 1. The van der Waals surface area contributed by atoms with E-state index in [0.717, 1.165) is 29.7 Å². The zero-order valence-corrected chi connectivity index (χ0v) is 21.7. The highest BCUT2D eigenvalue weighted by molar-refractivity contribution is 6.04. The van der Waals surface area contributed by atoms with Crippen LogP contribution in [0.1, 0.15) is 41.6 Å². The molecule has 0 bridgehead atoms. The third kappa shape index (κ3) is 4.92. The molecule has 1 aliphatic rings. The second kappa shape index (κ2) is 9.56. The number of aliphatic hydroxyl groups is 1. The Morgan fingerprint density at radius 3 is 2.59 bits per heavy atom. The minimum atomic E-state index is -1.19. The molecule has 1 amide bonds. The average molecular weight is 506 g/mol. The second-order valence-corrected chi connectivity index (χ2v) is 9.79. The van der Waals surface area contributed by atoms with E-state index in [0.29, 0.717) is 54.1 Å². The quantitative estimate of drug-likeness (QED) is 0.421. The first-order valence-electron chi connectivity index (χ1n) is 12.2. The van der Waals surface area contributed by atoms with Crippen LogP contribution in [0.4, 0.5) is 0 Å². The molecule has 0 atom stereocenters. The molecule has 1 fully saturated rings. The van der Waals surface area contributed by atoms with Gasteiger partial charge in [0.2, 0.25) is 0 Å². The number of fused-ring (bicyclic) bond motifs is 1. The zero-order chi connectivity index (χ0) is 26.3. The first-order valence-corrected chi connectivity index (χ1v) is 12.2. The zero-order valence-electron chi connectivity index (χ0n) is 21.7. The van der Waals surface area contributed by atoms with E-state index in [1.54, 1.807) is 44.2 Å². The maximum absolute atomic E-state index is 13.6. The lowest BCUT2D eigenvalue weighted by molar-refractivity contribution is 0.0623. The number of carbonyl (C=O) groups is 1. The minimum absolute atomic E-state index is 0.0923. The van der Waals surface area contributed by atoms with Crippen molar-refractivity contribution in [2.24, 2.45) is 7.05 Å². The summed E-state index contributed by atoms with van der Waals surface area (Å²) in [4.78, 5) is 30.9. The van der Waals surface area contributed by atoms with Crippen molar-refractivity contribution in [2.45, 2.75) is 32.9 Å². The SMILES string of the molecule is COc1cc2c(cc1C(=O)N1CCN(Cc3coc(C)n3)CC1)c(-c1ccnc(C(C)(C)O)n1)nn2C. The number of amides is 1. The Kier molecular flexibility index (Phi) is 6.42. The monoisotopic (exact) mass is 505 g/mol. The fourth-order valence-electron chi connectivity index (χ4n) is 4.58. The van der Waals surface area contributed by atoms with E-state index in [1.807, 2.05) is 31.0 Å². The molecule has 1 aromatic carbocycles. The first kappa shape index (κ1) is 24.8. The van der Waals surface area contributed by atoms with Crippen molar-refractivity contribution in [1.29, 1.82) is 0 Å². The topological polar surface area (TPSA) is 123 Å². The van der Waals surface area contributed by atoms with Gasteiger partial charge in [-0.25, -0.2) is 15.0 Å². The Morgan fingerprint density at radius 2 is 1.95 bits per heavy atom. The summed E-state index contributed by atoms with van der Waals surface area (Å²) in [6, 6.07) is 5.41. The van der Waals surface area contributed by atoms with E-state index < -0.39 is 5.60 Å². The molecule has 4 aromatic rings. The van der Waals surface area contributed by atoms with Crippen LogP contribution in [0, 0.1) is 6.92 Å². The Balaban J connectivity index is 1.43. The number of methoxy groups -OCH3 is 1.